The van der Waals surface area contributed by atoms with Gasteiger partial charge in [0.15, 0.2) is 0 Å². The predicted molar refractivity (Wildman–Crippen MR) is 104 cm³/mol. The lowest BCUT2D eigenvalue weighted by Crippen LogP contribution is -2.53. The number of benzene rings is 1. The van der Waals surface area contributed by atoms with Gasteiger partial charge in [0.2, 0.25) is 5.91 Å². The summed E-state index contributed by atoms with van der Waals surface area (Å²) in [6.07, 6.45) is 8.72. The number of nitrogens with zero attached hydrogens (tertiary/aromatic N) is 5. The fraction of sp³-hybridized carbons (Fsp3) is 0.571. The smallest absolute Gasteiger partial charge is 0.224 e. The van der Waals surface area contributed by atoms with Crippen molar-refractivity contribution in [1.29, 1.82) is 0 Å². The summed E-state index contributed by atoms with van der Waals surface area (Å²) in [5.41, 5.74) is 1.66. The molecule has 1 aromatic heterocycles. The van der Waals surface area contributed by atoms with E-state index in [0.717, 1.165) is 39.1 Å². The average molecular weight is 367 g/mol. The minimum absolute atomic E-state index is 0.267. The van der Waals surface area contributed by atoms with Crippen LogP contribution in [0.5, 0.6) is 0 Å². The van der Waals surface area contributed by atoms with Crippen molar-refractivity contribution < 1.29 is 4.79 Å². The van der Waals surface area contributed by atoms with E-state index in [1.165, 1.54) is 24.8 Å². The SMILES string of the molecule is O=C(CCn1cnnc1)N1CCCC2(CCCN(Cc3ccccc3)C2)C1. The first kappa shape index (κ1) is 18.2. The third kappa shape index (κ3) is 4.56. The molecule has 3 heterocycles. The maximum absolute atomic E-state index is 12.7. The van der Waals surface area contributed by atoms with Crippen LogP contribution in [0.2, 0.25) is 0 Å². The molecule has 2 aromatic rings. The van der Waals surface area contributed by atoms with Crippen LogP contribution in [-0.2, 0) is 17.9 Å². The predicted octanol–water partition coefficient (Wildman–Crippen LogP) is 2.57. The van der Waals surface area contributed by atoms with E-state index in [2.05, 4.69) is 50.3 Å². The normalized spacial score (nSPS) is 23.6. The molecule has 1 aromatic carbocycles. The highest BCUT2D eigenvalue weighted by atomic mass is 16.2. The van der Waals surface area contributed by atoms with Crippen LogP contribution in [-0.4, -0.2) is 56.7 Å². The van der Waals surface area contributed by atoms with Crippen LogP contribution >= 0.6 is 0 Å². The summed E-state index contributed by atoms with van der Waals surface area (Å²) in [6, 6.07) is 10.7. The molecule has 2 aliphatic heterocycles. The van der Waals surface area contributed by atoms with Crippen molar-refractivity contribution in [2.75, 3.05) is 26.2 Å². The van der Waals surface area contributed by atoms with Crippen LogP contribution in [0.15, 0.2) is 43.0 Å². The molecule has 2 saturated heterocycles. The van der Waals surface area contributed by atoms with Crippen molar-refractivity contribution in [1.82, 2.24) is 24.6 Å². The van der Waals surface area contributed by atoms with Gasteiger partial charge in [0, 0.05) is 44.6 Å². The Labute approximate surface area is 161 Å². The van der Waals surface area contributed by atoms with E-state index >= 15 is 0 Å². The number of hydrogen-bond donors (Lipinski definition) is 0. The number of aromatic nitrogens is 3. The zero-order chi connectivity index (χ0) is 18.5. The van der Waals surface area contributed by atoms with Gasteiger partial charge in [0.05, 0.1) is 0 Å². The Morgan fingerprint density at radius 2 is 1.74 bits per heavy atom. The minimum Gasteiger partial charge on any atom is -0.342 e. The minimum atomic E-state index is 0.267. The van der Waals surface area contributed by atoms with Gasteiger partial charge in [-0.15, -0.1) is 10.2 Å². The third-order valence-corrected chi connectivity index (χ3v) is 6.05. The van der Waals surface area contributed by atoms with Crippen molar-refractivity contribution in [3.05, 3.63) is 48.5 Å². The van der Waals surface area contributed by atoms with E-state index in [0.29, 0.717) is 13.0 Å². The zero-order valence-electron chi connectivity index (χ0n) is 16.0. The number of rotatable bonds is 5. The maximum Gasteiger partial charge on any atom is 0.224 e. The first-order valence-corrected chi connectivity index (χ1v) is 10.1. The summed E-state index contributed by atoms with van der Waals surface area (Å²) in [7, 11) is 0. The lowest BCUT2D eigenvalue weighted by molar-refractivity contribution is -0.136. The van der Waals surface area contributed by atoms with Crippen molar-refractivity contribution in [2.24, 2.45) is 5.41 Å². The fourth-order valence-corrected chi connectivity index (χ4v) is 4.76. The van der Waals surface area contributed by atoms with Crippen molar-refractivity contribution in [3.63, 3.8) is 0 Å². The van der Waals surface area contributed by atoms with Gasteiger partial charge in [-0.05, 0) is 37.8 Å². The molecule has 0 saturated carbocycles. The number of carbonyl (C=O) groups is 1. The summed E-state index contributed by atoms with van der Waals surface area (Å²) in [5, 5.41) is 7.61. The topological polar surface area (TPSA) is 54.3 Å². The van der Waals surface area contributed by atoms with Crippen LogP contribution in [0.1, 0.15) is 37.7 Å². The third-order valence-electron chi connectivity index (χ3n) is 6.05. The van der Waals surface area contributed by atoms with E-state index in [1.807, 2.05) is 4.57 Å². The molecule has 0 radical (unpaired) electrons. The molecule has 0 aliphatic carbocycles. The van der Waals surface area contributed by atoms with Gasteiger partial charge in [-0.2, -0.15) is 0 Å². The molecule has 4 rings (SSSR count). The Morgan fingerprint density at radius 3 is 2.52 bits per heavy atom. The van der Waals surface area contributed by atoms with Crippen LogP contribution in [0, 0.1) is 5.41 Å². The molecule has 6 heteroatoms. The van der Waals surface area contributed by atoms with Gasteiger partial charge in [0.25, 0.3) is 0 Å². The van der Waals surface area contributed by atoms with E-state index in [-0.39, 0.29) is 11.3 Å². The molecule has 27 heavy (non-hydrogen) atoms. The summed E-state index contributed by atoms with van der Waals surface area (Å²) in [6.45, 7) is 5.77. The molecule has 2 fully saturated rings. The Balaban J connectivity index is 1.35. The first-order valence-electron chi connectivity index (χ1n) is 10.1. The molecule has 0 bridgehead atoms. The maximum atomic E-state index is 12.7. The van der Waals surface area contributed by atoms with Gasteiger partial charge in [-0.25, -0.2) is 0 Å². The van der Waals surface area contributed by atoms with Crippen molar-refractivity contribution in [2.45, 2.75) is 45.2 Å². The zero-order valence-corrected chi connectivity index (χ0v) is 16.0. The van der Waals surface area contributed by atoms with Gasteiger partial charge in [0.1, 0.15) is 12.7 Å². The number of amides is 1. The van der Waals surface area contributed by atoms with Gasteiger partial charge < -0.3 is 9.47 Å². The van der Waals surface area contributed by atoms with Crippen molar-refractivity contribution in [3.8, 4) is 0 Å². The standard InChI is InChI=1S/C21H29N5O/c27-20(8-13-25-17-22-23-18-25)26-12-5-10-21(16-26)9-4-11-24(15-21)14-19-6-2-1-3-7-19/h1-3,6-7,17-18H,4-5,8-16H2. The molecular formula is C21H29N5O. The quantitative estimate of drug-likeness (QED) is 0.815. The lowest BCUT2D eigenvalue weighted by Gasteiger charge is -2.48. The second-order valence-electron chi connectivity index (χ2n) is 8.17. The number of carbonyl (C=O) groups excluding carboxylic acids is 1. The highest BCUT2D eigenvalue weighted by molar-refractivity contribution is 5.76. The van der Waals surface area contributed by atoms with Crippen LogP contribution < -0.4 is 0 Å². The van der Waals surface area contributed by atoms with Gasteiger partial charge >= 0.3 is 0 Å². The second kappa shape index (κ2) is 8.21. The number of hydrogen-bond acceptors (Lipinski definition) is 4. The number of piperidine rings is 2. The summed E-state index contributed by atoms with van der Waals surface area (Å²) in [4.78, 5) is 17.4. The van der Waals surface area contributed by atoms with E-state index in [4.69, 9.17) is 0 Å². The lowest BCUT2D eigenvalue weighted by atomic mass is 9.73. The molecule has 1 spiro atoms. The highest BCUT2D eigenvalue weighted by Gasteiger charge is 2.40. The summed E-state index contributed by atoms with van der Waals surface area (Å²) < 4.78 is 1.87. The van der Waals surface area contributed by atoms with E-state index < -0.39 is 0 Å². The number of likely N-dealkylation sites (tertiary alicyclic amines) is 2. The highest BCUT2D eigenvalue weighted by Crippen LogP contribution is 2.39. The Bertz CT molecular complexity index is 728. The van der Waals surface area contributed by atoms with E-state index in [1.54, 1.807) is 12.7 Å². The van der Waals surface area contributed by atoms with Crippen LogP contribution in [0.3, 0.4) is 0 Å². The first-order chi connectivity index (χ1) is 13.2. The fourth-order valence-electron chi connectivity index (χ4n) is 4.76. The van der Waals surface area contributed by atoms with Gasteiger partial charge in [-0.1, -0.05) is 30.3 Å². The largest absolute Gasteiger partial charge is 0.342 e. The van der Waals surface area contributed by atoms with Crippen LogP contribution in [0.4, 0.5) is 0 Å². The Morgan fingerprint density at radius 1 is 1.00 bits per heavy atom. The molecule has 1 amide bonds. The molecule has 1 atom stereocenters. The van der Waals surface area contributed by atoms with Gasteiger partial charge in [-0.3, -0.25) is 9.69 Å². The molecule has 144 valence electrons. The molecule has 0 N–H and O–H groups in total. The number of aryl methyl sites for hydroxylation is 1. The molecule has 6 nitrogen and oxygen atoms in total. The summed E-state index contributed by atoms with van der Waals surface area (Å²) >= 11 is 0. The average Bonchev–Trinajstić information content (AvgIpc) is 3.21. The molecule has 1 unspecified atom stereocenters. The monoisotopic (exact) mass is 367 g/mol. The molecular weight excluding hydrogens is 338 g/mol. The van der Waals surface area contributed by atoms with Crippen molar-refractivity contribution >= 4 is 5.91 Å². The molecule has 2 aliphatic rings. The second-order valence-corrected chi connectivity index (χ2v) is 8.17. The van der Waals surface area contributed by atoms with Crippen LogP contribution in [0.25, 0.3) is 0 Å². The Hall–Kier alpha value is -2.21. The van der Waals surface area contributed by atoms with E-state index in [9.17, 15) is 4.79 Å². The summed E-state index contributed by atoms with van der Waals surface area (Å²) in [5.74, 6) is 0.267. The Kier molecular flexibility index (Phi) is 5.53.